The molecular formula is C8H7ClFNO. The number of halogens is 2. The molecule has 2 nitrogen and oxygen atoms in total. The van der Waals surface area contributed by atoms with E-state index in [1.807, 2.05) is 0 Å². The highest BCUT2D eigenvalue weighted by Crippen LogP contribution is 2.12. The topological polar surface area (TPSA) is 32.6 Å². The SMILES string of the molecule is Cc1ccc(F)c(C(Cl)=NO)c1. The summed E-state index contributed by atoms with van der Waals surface area (Å²) in [7, 11) is 0. The highest BCUT2D eigenvalue weighted by Gasteiger charge is 2.06. The van der Waals surface area contributed by atoms with Crippen molar-refractivity contribution >= 4 is 16.8 Å². The number of hydrogen-bond acceptors (Lipinski definition) is 2. The van der Waals surface area contributed by atoms with Crippen LogP contribution in [0.25, 0.3) is 0 Å². The fraction of sp³-hybridized carbons (Fsp3) is 0.125. The fourth-order valence-corrected chi connectivity index (χ4v) is 0.996. The molecule has 0 bridgehead atoms. The fourth-order valence-electron chi connectivity index (χ4n) is 0.851. The number of aryl methyl sites for hydroxylation is 1. The lowest BCUT2D eigenvalue weighted by atomic mass is 10.1. The molecule has 0 saturated carbocycles. The quantitative estimate of drug-likeness (QED) is 0.409. The molecule has 0 heterocycles. The predicted molar refractivity (Wildman–Crippen MR) is 45.3 cm³/mol. The molecule has 12 heavy (non-hydrogen) atoms. The predicted octanol–water partition coefficient (Wildman–Crippen LogP) is 2.51. The number of rotatable bonds is 1. The van der Waals surface area contributed by atoms with Crippen LogP contribution in [0.15, 0.2) is 23.4 Å². The van der Waals surface area contributed by atoms with Gasteiger partial charge in [-0.15, -0.1) is 0 Å². The third-order valence-electron chi connectivity index (χ3n) is 1.43. The van der Waals surface area contributed by atoms with Crippen molar-refractivity contribution < 1.29 is 9.60 Å². The summed E-state index contributed by atoms with van der Waals surface area (Å²) in [5.41, 5.74) is 0.965. The summed E-state index contributed by atoms with van der Waals surface area (Å²) in [6, 6.07) is 4.40. The second-order valence-corrected chi connectivity index (χ2v) is 2.73. The van der Waals surface area contributed by atoms with Gasteiger partial charge in [0.1, 0.15) is 5.82 Å². The second-order valence-electron chi connectivity index (χ2n) is 2.37. The van der Waals surface area contributed by atoms with Gasteiger partial charge in [-0.05, 0) is 19.1 Å². The van der Waals surface area contributed by atoms with E-state index >= 15 is 0 Å². The standard InChI is InChI=1S/C8H7ClFNO/c1-5-2-3-7(10)6(4-5)8(9)11-12/h2-4,12H,1H3. The minimum atomic E-state index is -0.497. The van der Waals surface area contributed by atoms with Gasteiger partial charge in [-0.1, -0.05) is 28.4 Å². The van der Waals surface area contributed by atoms with Crippen LogP contribution in [0, 0.1) is 12.7 Å². The molecular weight excluding hydrogens is 181 g/mol. The molecule has 0 saturated heterocycles. The van der Waals surface area contributed by atoms with Crippen LogP contribution in [-0.2, 0) is 0 Å². The zero-order chi connectivity index (χ0) is 9.14. The molecule has 0 fully saturated rings. The first kappa shape index (κ1) is 9.00. The zero-order valence-corrected chi connectivity index (χ0v) is 7.14. The molecule has 0 aromatic heterocycles. The van der Waals surface area contributed by atoms with Crippen LogP contribution in [0.1, 0.15) is 11.1 Å². The highest BCUT2D eigenvalue weighted by molar-refractivity contribution is 6.69. The minimum absolute atomic E-state index is 0.110. The Morgan fingerprint density at radius 2 is 2.25 bits per heavy atom. The van der Waals surface area contributed by atoms with Gasteiger partial charge in [-0.25, -0.2) is 4.39 Å². The van der Waals surface area contributed by atoms with Crippen molar-refractivity contribution in [2.24, 2.45) is 5.16 Å². The van der Waals surface area contributed by atoms with E-state index in [1.165, 1.54) is 12.1 Å². The van der Waals surface area contributed by atoms with E-state index in [9.17, 15) is 4.39 Å². The molecule has 0 amide bonds. The van der Waals surface area contributed by atoms with Crippen LogP contribution < -0.4 is 0 Å². The monoisotopic (exact) mass is 187 g/mol. The molecule has 1 aromatic rings. The first-order valence-electron chi connectivity index (χ1n) is 3.29. The first-order chi connectivity index (χ1) is 5.65. The van der Waals surface area contributed by atoms with Crippen LogP contribution in [-0.4, -0.2) is 10.4 Å². The lowest BCUT2D eigenvalue weighted by molar-refractivity contribution is 0.320. The first-order valence-corrected chi connectivity index (χ1v) is 3.67. The Balaban J connectivity index is 3.23. The van der Waals surface area contributed by atoms with E-state index in [1.54, 1.807) is 13.0 Å². The smallest absolute Gasteiger partial charge is 0.178 e. The average Bonchev–Trinajstić information content (AvgIpc) is 2.08. The summed E-state index contributed by atoms with van der Waals surface area (Å²) in [6.07, 6.45) is 0. The van der Waals surface area contributed by atoms with Crippen molar-refractivity contribution in [2.45, 2.75) is 6.92 Å². The van der Waals surface area contributed by atoms with E-state index in [2.05, 4.69) is 5.16 Å². The Morgan fingerprint density at radius 3 is 2.83 bits per heavy atom. The molecule has 4 heteroatoms. The van der Waals surface area contributed by atoms with Gasteiger partial charge in [0, 0.05) is 0 Å². The van der Waals surface area contributed by atoms with Crippen molar-refractivity contribution in [1.82, 2.24) is 0 Å². The molecule has 0 aliphatic heterocycles. The Bertz CT molecular complexity index is 325. The van der Waals surface area contributed by atoms with Gasteiger partial charge in [0.2, 0.25) is 0 Å². The summed E-state index contributed by atoms with van der Waals surface area (Å²) in [5.74, 6) is -0.497. The summed E-state index contributed by atoms with van der Waals surface area (Å²) in [4.78, 5) is 0. The largest absolute Gasteiger partial charge is 0.410 e. The second kappa shape index (κ2) is 3.54. The Morgan fingerprint density at radius 1 is 1.58 bits per heavy atom. The molecule has 1 aromatic carbocycles. The summed E-state index contributed by atoms with van der Waals surface area (Å²) < 4.78 is 12.9. The summed E-state index contributed by atoms with van der Waals surface area (Å²) >= 11 is 5.43. The van der Waals surface area contributed by atoms with Crippen molar-refractivity contribution in [3.63, 3.8) is 0 Å². The molecule has 0 radical (unpaired) electrons. The third-order valence-corrected chi connectivity index (χ3v) is 1.71. The zero-order valence-electron chi connectivity index (χ0n) is 6.38. The van der Waals surface area contributed by atoms with Crippen LogP contribution in [0.4, 0.5) is 4.39 Å². The van der Waals surface area contributed by atoms with Gasteiger partial charge in [-0.3, -0.25) is 0 Å². The Hall–Kier alpha value is -1.09. The van der Waals surface area contributed by atoms with E-state index < -0.39 is 5.82 Å². The highest BCUT2D eigenvalue weighted by atomic mass is 35.5. The van der Waals surface area contributed by atoms with Crippen LogP contribution >= 0.6 is 11.6 Å². The number of nitrogens with zero attached hydrogens (tertiary/aromatic N) is 1. The van der Waals surface area contributed by atoms with Gasteiger partial charge >= 0.3 is 0 Å². The van der Waals surface area contributed by atoms with Gasteiger partial charge in [0.25, 0.3) is 0 Å². The third kappa shape index (κ3) is 1.74. The van der Waals surface area contributed by atoms with E-state index in [0.29, 0.717) is 0 Å². The lowest BCUT2D eigenvalue weighted by Crippen LogP contribution is -1.96. The molecule has 1 N–H and O–H groups in total. The van der Waals surface area contributed by atoms with Crippen LogP contribution in [0.5, 0.6) is 0 Å². The summed E-state index contributed by atoms with van der Waals surface area (Å²) in [5, 5.41) is 10.8. The number of benzene rings is 1. The van der Waals surface area contributed by atoms with Gasteiger partial charge < -0.3 is 5.21 Å². The Labute approximate surface area is 74.3 Å². The van der Waals surface area contributed by atoms with Crippen molar-refractivity contribution in [3.8, 4) is 0 Å². The normalized spacial score (nSPS) is 11.8. The van der Waals surface area contributed by atoms with Crippen molar-refractivity contribution in [2.75, 3.05) is 0 Å². The van der Waals surface area contributed by atoms with Gasteiger partial charge in [-0.2, -0.15) is 0 Å². The molecule has 0 atom stereocenters. The number of oxime groups is 1. The van der Waals surface area contributed by atoms with E-state index in [0.717, 1.165) is 5.56 Å². The van der Waals surface area contributed by atoms with E-state index in [-0.39, 0.29) is 10.7 Å². The van der Waals surface area contributed by atoms with Crippen LogP contribution in [0.3, 0.4) is 0 Å². The van der Waals surface area contributed by atoms with E-state index in [4.69, 9.17) is 16.8 Å². The lowest BCUT2D eigenvalue weighted by Gasteiger charge is -1.99. The van der Waals surface area contributed by atoms with Gasteiger partial charge in [0.15, 0.2) is 5.17 Å². The van der Waals surface area contributed by atoms with Crippen molar-refractivity contribution in [3.05, 3.63) is 35.1 Å². The minimum Gasteiger partial charge on any atom is -0.410 e. The summed E-state index contributed by atoms with van der Waals surface area (Å²) in [6.45, 7) is 1.80. The molecule has 0 aliphatic carbocycles. The molecule has 0 aliphatic rings. The molecule has 64 valence electrons. The Kier molecular flexibility index (Phi) is 2.65. The molecule has 0 spiro atoms. The maximum atomic E-state index is 12.9. The van der Waals surface area contributed by atoms with Gasteiger partial charge in [0.05, 0.1) is 5.56 Å². The molecule has 1 rings (SSSR count). The van der Waals surface area contributed by atoms with Crippen molar-refractivity contribution in [1.29, 1.82) is 0 Å². The number of hydrogen-bond donors (Lipinski definition) is 1. The average molecular weight is 188 g/mol. The van der Waals surface area contributed by atoms with Crippen LogP contribution in [0.2, 0.25) is 0 Å². The maximum absolute atomic E-state index is 12.9. The molecule has 0 unspecified atom stereocenters. The maximum Gasteiger partial charge on any atom is 0.178 e.